The molecule has 0 aliphatic rings. The summed E-state index contributed by atoms with van der Waals surface area (Å²) in [6, 6.07) is 0. The molecule has 0 atom stereocenters. The van der Waals surface area contributed by atoms with Gasteiger partial charge in [0.05, 0.1) is 5.75 Å². The molecule has 7 heteroatoms. The Morgan fingerprint density at radius 2 is 2.23 bits per heavy atom. The Labute approximate surface area is 76.8 Å². The van der Waals surface area contributed by atoms with Crippen LogP contribution in [-0.2, 0) is 4.79 Å². The smallest absolute Gasteiger partial charge is 0.299 e. The van der Waals surface area contributed by atoms with Crippen molar-refractivity contribution >= 4 is 17.5 Å². The molecule has 0 bridgehead atoms. The minimum Gasteiger partial charge on any atom is -0.299 e. The van der Waals surface area contributed by atoms with E-state index in [1.807, 2.05) is 4.98 Å². The van der Waals surface area contributed by atoms with E-state index < -0.39 is 11.2 Å². The van der Waals surface area contributed by atoms with Gasteiger partial charge in [-0.05, 0) is 6.92 Å². The Hall–Kier alpha value is -1.37. The molecular formula is C6H7N3O3S. The van der Waals surface area contributed by atoms with E-state index in [9.17, 15) is 14.4 Å². The summed E-state index contributed by atoms with van der Waals surface area (Å²) in [5.41, 5.74) is -1.23. The predicted molar refractivity (Wildman–Crippen MR) is 46.9 cm³/mol. The molecule has 13 heavy (non-hydrogen) atoms. The maximum atomic E-state index is 11.0. The largest absolute Gasteiger partial charge is 0.342 e. The van der Waals surface area contributed by atoms with Gasteiger partial charge < -0.3 is 0 Å². The number of ketones is 1. The molecule has 0 saturated heterocycles. The van der Waals surface area contributed by atoms with E-state index in [4.69, 9.17) is 0 Å². The minimum atomic E-state index is -0.655. The SMILES string of the molecule is CC(=O)CSc1n[nH]c(=O)[nH]c1=O. The van der Waals surface area contributed by atoms with E-state index in [2.05, 4.69) is 10.2 Å². The molecule has 1 heterocycles. The van der Waals surface area contributed by atoms with Crippen LogP contribution in [0.15, 0.2) is 14.6 Å². The molecule has 0 spiro atoms. The first-order chi connectivity index (χ1) is 6.09. The van der Waals surface area contributed by atoms with Gasteiger partial charge >= 0.3 is 5.69 Å². The number of rotatable bonds is 3. The molecular weight excluding hydrogens is 194 g/mol. The lowest BCUT2D eigenvalue weighted by atomic mass is 10.5. The van der Waals surface area contributed by atoms with Gasteiger partial charge in [0.1, 0.15) is 5.78 Å². The quantitative estimate of drug-likeness (QED) is 0.620. The molecule has 2 N–H and O–H groups in total. The van der Waals surface area contributed by atoms with Gasteiger partial charge in [0, 0.05) is 0 Å². The highest BCUT2D eigenvalue weighted by Gasteiger charge is 2.03. The normalized spacial score (nSPS) is 9.92. The van der Waals surface area contributed by atoms with Crippen LogP contribution in [0, 0.1) is 0 Å². The first-order valence-corrected chi connectivity index (χ1v) is 4.39. The molecule has 0 radical (unpaired) electrons. The second-order valence-electron chi connectivity index (χ2n) is 2.30. The number of H-pyrrole nitrogens is 2. The number of aromatic nitrogens is 3. The van der Waals surface area contributed by atoms with Crippen molar-refractivity contribution in [1.29, 1.82) is 0 Å². The van der Waals surface area contributed by atoms with E-state index >= 15 is 0 Å². The van der Waals surface area contributed by atoms with Crippen LogP contribution in [0.25, 0.3) is 0 Å². The van der Waals surface area contributed by atoms with Crippen LogP contribution in [0.4, 0.5) is 0 Å². The molecule has 0 aliphatic heterocycles. The van der Waals surface area contributed by atoms with Crippen molar-refractivity contribution < 1.29 is 4.79 Å². The van der Waals surface area contributed by atoms with Crippen LogP contribution in [0.3, 0.4) is 0 Å². The van der Waals surface area contributed by atoms with Gasteiger partial charge in [0.25, 0.3) is 5.56 Å². The highest BCUT2D eigenvalue weighted by atomic mass is 32.2. The molecule has 0 aromatic carbocycles. The maximum absolute atomic E-state index is 11.0. The zero-order valence-corrected chi connectivity index (χ0v) is 7.60. The number of aromatic amines is 2. The Balaban J connectivity index is 2.84. The van der Waals surface area contributed by atoms with Crippen LogP contribution < -0.4 is 11.2 Å². The first-order valence-electron chi connectivity index (χ1n) is 3.41. The number of hydrogen-bond acceptors (Lipinski definition) is 5. The summed E-state index contributed by atoms with van der Waals surface area (Å²) in [6.07, 6.45) is 0. The molecule has 1 aromatic rings. The number of Topliss-reactive ketones (excluding diaryl/α,β-unsaturated/α-hetero) is 1. The molecule has 0 aliphatic carbocycles. The molecule has 0 unspecified atom stereocenters. The highest BCUT2D eigenvalue weighted by Crippen LogP contribution is 2.07. The fraction of sp³-hybridized carbons (Fsp3) is 0.333. The van der Waals surface area contributed by atoms with E-state index in [0.717, 1.165) is 11.8 Å². The fourth-order valence-corrected chi connectivity index (χ4v) is 1.24. The Morgan fingerprint density at radius 3 is 2.77 bits per heavy atom. The summed E-state index contributed by atoms with van der Waals surface area (Å²) >= 11 is 0.989. The van der Waals surface area contributed by atoms with Crippen molar-refractivity contribution in [3.63, 3.8) is 0 Å². The van der Waals surface area contributed by atoms with Crippen molar-refractivity contribution in [3.05, 3.63) is 20.8 Å². The first kappa shape index (κ1) is 9.72. The third kappa shape index (κ3) is 2.86. The lowest BCUT2D eigenvalue weighted by Crippen LogP contribution is -2.25. The predicted octanol–water partition coefficient (Wildman–Crippen LogP) is -0.861. The van der Waals surface area contributed by atoms with Crippen molar-refractivity contribution in [2.45, 2.75) is 11.9 Å². The average molecular weight is 201 g/mol. The van der Waals surface area contributed by atoms with Crippen molar-refractivity contribution in [2.75, 3.05) is 5.75 Å². The Kier molecular flexibility index (Phi) is 3.02. The molecule has 0 amide bonds. The van der Waals surface area contributed by atoms with Crippen LogP contribution >= 0.6 is 11.8 Å². The lowest BCUT2D eigenvalue weighted by Gasteiger charge is -1.93. The summed E-state index contributed by atoms with van der Waals surface area (Å²) in [5, 5.41) is 5.64. The summed E-state index contributed by atoms with van der Waals surface area (Å²) < 4.78 is 0. The average Bonchev–Trinajstić information content (AvgIpc) is 2.02. The second-order valence-corrected chi connectivity index (χ2v) is 3.27. The van der Waals surface area contributed by atoms with Crippen LogP contribution in [-0.4, -0.2) is 26.7 Å². The van der Waals surface area contributed by atoms with Gasteiger partial charge in [0.2, 0.25) is 0 Å². The summed E-state index contributed by atoms with van der Waals surface area (Å²) in [4.78, 5) is 34.1. The number of nitrogens with zero attached hydrogens (tertiary/aromatic N) is 1. The third-order valence-electron chi connectivity index (χ3n) is 1.09. The minimum absolute atomic E-state index is 0.0580. The van der Waals surface area contributed by atoms with Crippen molar-refractivity contribution in [2.24, 2.45) is 0 Å². The highest BCUT2D eigenvalue weighted by molar-refractivity contribution is 7.99. The van der Waals surface area contributed by atoms with Gasteiger partial charge in [-0.2, -0.15) is 5.10 Å². The zero-order chi connectivity index (χ0) is 9.84. The van der Waals surface area contributed by atoms with E-state index in [1.54, 1.807) is 0 Å². The van der Waals surface area contributed by atoms with Crippen molar-refractivity contribution in [3.8, 4) is 0 Å². The molecule has 0 saturated carbocycles. The molecule has 1 rings (SSSR count). The monoisotopic (exact) mass is 201 g/mol. The van der Waals surface area contributed by atoms with E-state index in [0.29, 0.717) is 0 Å². The van der Waals surface area contributed by atoms with Gasteiger partial charge in [0.15, 0.2) is 5.03 Å². The van der Waals surface area contributed by atoms with Crippen LogP contribution in [0.2, 0.25) is 0 Å². The standard InChI is InChI=1S/C6H7N3O3S/c1-3(10)2-13-5-4(11)7-6(12)9-8-5/h2H2,1H3,(H2,7,9,11,12). The third-order valence-corrected chi connectivity index (χ3v) is 2.19. The molecule has 70 valence electrons. The van der Waals surface area contributed by atoms with Gasteiger partial charge in [-0.3, -0.25) is 14.6 Å². The summed E-state index contributed by atoms with van der Waals surface area (Å²) in [7, 11) is 0. The maximum Gasteiger partial charge on any atom is 0.342 e. The number of carbonyl (C=O) groups excluding carboxylic acids is 1. The van der Waals surface area contributed by atoms with Gasteiger partial charge in [-0.15, -0.1) is 0 Å². The van der Waals surface area contributed by atoms with Crippen LogP contribution in [0.1, 0.15) is 6.92 Å². The number of hydrogen-bond donors (Lipinski definition) is 2. The topological polar surface area (TPSA) is 95.7 Å². The lowest BCUT2D eigenvalue weighted by molar-refractivity contribution is -0.114. The summed E-state index contributed by atoms with van der Waals surface area (Å²) in [6.45, 7) is 1.41. The van der Waals surface area contributed by atoms with Crippen molar-refractivity contribution in [1.82, 2.24) is 15.2 Å². The Morgan fingerprint density at radius 1 is 1.54 bits per heavy atom. The number of thioether (sulfide) groups is 1. The molecule has 0 fully saturated rings. The molecule has 6 nitrogen and oxygen atoms in total. The number of nitrogens with one attached hydrogen (secondary N) is 2. The molecule has 1 aromatic heterocycles. The summed E-state index contributed by atoms with van der Waals surface area (Å²) in [5.74, 6) is 0.111. The second kappa shape index (κ2) is 4.04. The van der Waals surface area contributed by atoms with Gasteiger partial charge in [-0.1, -0.05) is 11.8 Å². The zero-order valence-electron chi connectivity index (χ0n) is 6.79. The van der Waals surface area contributed by atoms with E-state index in [-0.39, 0.29) is 16.6 Å². The van der Waals surface area contributed by atoms with E-state index in [1.165, 1.54) is 6.92 Å². The Bertz CT molecular complexity index is 422. The number of carbonyl (C=O) groups is 1. The van der Waals surface area contributed by atoms with Crippen LogP contribution in [0.5, 0.6) is 0 Å². The van der Waals surface area contributed by atoms with Gasteiger partial charge in [-0.25, -0.2) is 9.89 Å². The fourth-order valence-electron chi connectivity index (χ4n) is 0.605.